The van der Waals surface area contributed by atoms with Gasteiger partial charge in [-0.15, -0.1) is 0 Å². The van der Waals surface area contributed by atoms with Gasteiger partial charge in [-0.1, -0.05) is 68.5 Å². The van der Waals surface area contributed by atoms with Crippen LogP contribution in [0.3, 0.4) is 0 Å². The van der Waals surface area contributed by atoms with Gasteiger partial charge in [-0.2, -0.15) is 0 Å². The molecule has 260 valence electrons. The number of allylic oxidation sites excluding steroid dienone is 2. The fourth-order valence-electron chi connectivity index (χ4n) is 5.58. The number of carboxylic acid groups (broad SMARTS) is 1. The first kappa shape index (κ1) is 37.7. The number of aromatic hydroxyl groups is 1. The smallest absolute Gasteiger partial charge is 0.326 e. The summed E-state index contributed by atoms with van der Waals surface area (Å²) >= 11 is 0. The molecule has 2 aromatic rings. The van der Waals surface area contributed by atoms with Crippen molar-refractivity contribution in [3.63, 3.8) is 0 Å². The number of carbonyl (C=O) groups excluding carboxylic acids is 4. The number of hydrogen-bond acceptors (Lipinski definition) is 7. The average molecular weight is 664 g/mol. The van der Waals surface area contributed by atoms with Crippen LogP contribution in [0.1, 0.15) is 57.1 Å². The molecule has 0 saturated heterocycles. The number of phenols is 1. The van der Waals surface area contributed by atoms with E-state index in [1.54, 1.807) is 12.1 Å². The van der Waals surface area contributed by atoms with Gasteiger partial charge in [0.15, 0.2) is 0 Å². The van der Waals surface area contributed by atoms with Crippen LogP contribution in [0.2, 0.25) is 0 Å². The highest BCUT2D eigenvalue weighted by molar-refractivity contribution is 5.93. The SMILES string of the molecule is CC(C)C[C@@H](C(=O)O)N1CCC/C=C/CCCN(C(=O)CNC(=O)[C@@H](N)Cc2ccc(O)cc2)CC(=O)N[C@@H](Cc2ccccc2)C1=O. The number of carbonyl (C=O) groups is 5. The maximum atomic E-state index is 14.1. The number of nitrogens with zero attached hydrogens (tertiary/aromatic N) is 2. The number of rotatable bonds is 11. The first-order valence-electron chi connectivity index (χ1n) is 16.5. The molecule has 1 aliphatic rings. The monoisotopic (exact) mass is 663 g/mol. The molecule has 0 aliphatic carbocycles. The highest BCUT2D eigenvalue weighted by Crippen LogP contribution is 2.17. The fourth-order valence-corrected chi connectivity index (χ4v) is 5.58. The van der Waals surface area contributed by atoms with Gasteiger partial charge in [0.1, 0.15) is 17.8 Å². The second kappa shape index (κ2) is 19.2. The van der Waals surface area contributed by atoms with Gasteiger partial charge in [-0.25, -0.2) is 4.79 Å². The lowest BCUT2D eigenvalue weighted by Gasteiger charge is -2.33. The number of carboxylic acids is 1. The Morgan fingerprint density at radius 3 is 2.23 bits per heavy atom. The van der Waals surface area contributed by atoms with Gasteiger partial charge in [-0.05, 0) is 67.7 Å². The normalized spacial score (nSPS) is 18.6. The Hall–Kier alpha value is -4.71. The predicted octanol–water partition coefficient (Wildman–Crippen LogP) is 2.39. The van der Waals surface area contributed by atoms with Crippen molar-refractivity contribution in [3.8, 4) is 5.75 Å². The number of hydrogen-bond donors (Lipinski definition) is 5. The van der Waals surface area contributed by atoms with Crippen LogP contribution in [0.4, 0.5) is 0 Å². The molecule has 0 radical (unpaired) electrons. The minimum Gasteiger partial charge on any atom is -0.508 e. The number of benzene rings is 2. The number of nitrogens with two attached hydrogens (primary N) is 1. The van der Waals surface area contributed by atoms with E-state index in [2.05, 4.69) is 10.6 Å². The molecule has 0 saturated carbocycles. The highest BCUT2D eigenvalue weighted by atomic mass is 16.4. The zero-order chi connectivity index (χ0) is 35.1. The summed E-state index contributed by atoms with van der Waals surface area (Å²) in [4.78, 5) is 68.8. The maximum Gasteiger partial charge on any atom is 0.326 e. The summed E-state index contributed by atoms with van der Waals surface area (Å²) in [6.45, 7) is 3.53. The van der Waals surface area contributed by atoms with E-state index in [9.17, 15) is 34.2 Å². The number of nitrogens with one attached hydrogen (secondary N) is 2. The van der Waals surface area contributed by atoms with Gasteiger partial charge in [0.2, 0.25) is 23.6 Å². The first-order chi connectivity index (χ1) is 22.9. The van der Waals surface area contributed by atoms with Gasteiger partial charge in [0, 0.05) is 19.5 Å². The van der Waals surface area contributed by atoms with E-state index >= 15 is 0 Å². The van der Waals surface area contributed by atoms with Crippen LogP contribution < -0.4 is 16.4 Å². The van der Waals surface area contributed by atoms with Crippen LogP contribution in [0.5, 0.6) is 5.75 Å². The third-order valence-electron chi connectivity index (χ3n) is 8.12. The van der Waals surface area contributed by atoms with Crippen molar-refractivity contribution in [2.45, 2.75) is 76.9 Å². The molecule has 4 amide bonds. The molecule has 2 aromatic carbocycles. The first-order valence-corrected chi connectivity index (χ1v) is 16.5. The molecule has 6 N–H and O–H groups in total. The van der Waals surface area contributed by atoms with Crippen molar-refractivity contribution in [1.29, 1.82) is 0 Å². The lowest BCUT2D eigenvalue weighted by molar-refractivity contribution is -0.152. The molecule has 0 unspecified atom stereocenters. The topological polar surface area (TPSA) is 182 Å². The minimum absolute atomic E-state index is 0.0139. The van der Waals surface area contributed by atoms with E-state index in [4.69, 9.17) is 5.73 Å². The number of phenolic OH excluding ortho intramolecular Hbond substituents is 1. The van der Waals surface area contributed by atoms with Gasteiger partial charge in [-0.3, -0.25) is 19.2 Å². The molecule has 0 spiro atoms. The van der Waals surface area contributed by atoms with Crippen LogP contribution >= 0.6 is 0 Å². The zero-order valence-corrected chi connectivity index (χ0v) is 27.8. The molecule has 1 heterocycles. The second-order valence-corrected chi connectivity index (χ2v) is 12.6. The molecule has 0 fully saturated rings. The Kier molecular flexibility index (Phi) is 15.1. The zero-order valence-electron chi connectivity index (χ0n) is 27.8. The molecule has 0 bridgehead atoms. The third-order valence-corrected chi connectivity index (χ3v) is 8.12. The van der Waals surface area contributed by atoms with Gasteiger partial charge < -0.3 is 36.4 Å². The Bertz CT molecular complexity index is 1400. The van der Waals surface area contributed by atoms with E-state index in [1.807, 2.05) is 56.3 Å². The van der Waals surface area contributed by atoms with Gasteiger partial charge >= 0.3 is 5.97 Å². The van der Waals surface area contributed by atoms with E-state index in [0.717, 1.165) is 11.1 Å². The Balaban J connectivity index is 1.79. The molecule has 0 aromatic heterocycles. The standard InChI is InChI=1S/C36H49N5O7/c1-25(2)20-31(36(47)48)41-19-11-6-4-3-5-10-18-40(24-32(43)39-30(35(41)46)22-26-12-8-7-9-13-26)33(44)23-38-34(45)29(37)21-27-14-16-28(42)17-15-27/h3-4,7-9,12-17,25,29-31,42H,5-6,10-11,18-24,37H2,1-2H3,(H,38,45)(H,39,43)(H,47,48)/b4-3+/t29-,30-,31-/m0/s1. The molecule has 3 rings (SSSR count). The summed E-state index contributed by atoms with van der Waals surface area (Å²) < 4.78 is 0. The Morgan fingerprint density at radius 1 is 0.958 bits per heavy atom. The van der Waals surface area contributed by atoms with Crippen molar-refractivity contribution in [1.82, 2.24) is 20.4 Å². The van der Waals surface area contributed by atoms with Crippen LogP contribution in [-0.4, -0.2) is 93.9 Å². The fraction of sp³-hybridized carbons (Fsp3) is 0.472. The summed E-state index contributed by atoms with van der Waals surface area (Å²) in [6, 6.07) is 12.4. The van der Waals surface area contributed by atoms with E-state index in [0.29, 0.717) is 25.7 Å². The van der Waals surface area contributed by atoms with Crippen molar-refractivity contribution in [2.75, 3.05) is 26.2 Å². The number of aliphatic carboxylic acids is 1. The largest absolute Gasteiger partial charge is 0.508 e. The Morgan fingerprint density at radius 2 is 1.60 bits per heavy atom. The summed E-state index contributed by atoms with van der Waals surface area (Å²) in [5.41, 5.74) is 7.58. The second-order valence-electron chi connectivity index (χ2n) is 12.6. The quantitative estimate of drug-likeness (QED) is 0.227. The molecule has 48 heavy (non-hydrogen) atoms. The summed E-state index contributed by atoms with van der Waals surface area (Å²) in [5.74, 6) is -3.08. The van der Waals surface area contributed by atoms with Crippen LogP contribution in [-0.2, 0) is 36.8 Å². The van der Waals surface area contributed by atoms with Crippen LogP contribution in [0, 0.1) is 5.92 Å². The van der Waals surface area contributed by atoms with Crippen molar-refractivity contribution in [3.05, 3.63) is 77.9 Å². The molecule has 12 heteroatoms. The summed E-state index contributed by atoms with van der Waals surface area (Å²) in [5, 5.41) is 25.0. The molecule has 1 aliphatic heterocycles. The van der Waals surface area contributed by atoms with Gasteiger partial charge in [0.05, 0.1) is 19.1 Å². The summed E-state index contributed by atoms with van der Waals surface area (Å²) in [7, 11) is 0. The summed E-state index contributed by atoms with van der Waals surface area (Å²) in [6.07, 6.45) is 6.94. The van der Waals surface area contributed by atoms with Crippen molar-refractivity contribution >= 4 is 29.6 Å². The molecular weight excluding hydrogens is 614 g/mol. The van der Waals surface area contributed by atoms with Crippen LogP contribution in [0.15, 0.2) is 66.7 Å². The predicted molar refractivity (Wildman–Crippen MR) is 182 cm³/mol. The Labute approximate surface area is 282 Å². The van der Waals surface area contributed by atoms with Crippen molar-refractivity contribution in [2.24, 2.45) is 11.7 Å². The number of amides is 4. The van der Waals surface area contributed by atoms with E-state index in [1.165, 1.54) is 21.9 Å². The van der Waals surface area contributed by atoms with Gasteiger partial charge in [0.25, 0.3) is 0 Å². The van der Waals surface area contributed by atoms with Crippen molar-refractivity contribution < 1.29 is 34.2 Å². The minimum atomic E-state index is -1.10. The third kappa shape index (κ3) is 12.5. The molecule has 12 nitrogen and oxygen atoms in total. The van der Waals surface area contributed by atoms with E-state index in [-0.39, 0.29) is 57.1 Å². The average Bonchev–Trinajstić information content (AvgIpc) is 3.05. The molecular formula is C36H49N5O7. The molecule has 3 atom stereocenters. The lowest BCUT2D eigenvalue weighted by atomic mass is 9.99. The lowest BCUT2D eigenvalue weighted by Crippen LogP contribution is -2.56. The van der Waals surface area contributed by atoms with E-state index < -0.39 is 47.7 Å². The maximum absolute atomic E-state index is 14.1. The highest BCUT2D eigenvalue weighted by Gasteiger charge is 2.35. The van der Waals surface area contributed by atoms with Crippen LogP contribution in [0.25, 0.3) is 0 Å².